The molecule has 2 aromatic rings. The van der Waals surface area contributed by atoms with Gasteiger partial charge < -0.3 is 20.4 Å². The quantitative estimate of drug-likeness (QED) is 0.414. The average Bonchev–Trinajstić information content (AvgIpc) is 3.25. The Kier molecular flexibility index (Phi) is 7.24. The number of piperidine rings is 1. The van der Waals surface area contributed by atoms with Crippen molar-refractivity contribution in [3.63, 3.8) is 0 Å². The van der Waals surface area contributed by atoms with Gasteiger partial charge in [0.05, 0.1) is 0 Å². The molecule has 2 aliphatic heterocycles. The number of halogens is 1. The number of benzene rings is 2. The Morgan fingerprint density at radius 1 is 1.16 bits per heavy atom. The summed E-state index contributed by atoms with van der Waals surface area (Å²) in [6, 6.07) is 15.3. The van der Waals surface area contributed by atoms with Gasteiger partial charge in [-0.3, -0.25) is 9.79 Å². The second kappa shape index (κ2) is 10.5. The summed E-state index contributed by atoms with van der Waals surface area (Å²) < 4.78 is 13.6. The van der Waals surface area contributed by atoms with Gasteiger partial charge in [0.15, 0.2) is 5.96 Å². The number of nitrogens with one attached hydrogen (secondary N) is 2. The summed E-state index contributed by atoms with van der Waals surface area (Å²) in [5.74, 6) is 0.739. The molecule has 170 valence electrons. The molecule has 0 aromatic heterocycles. The van der Waals surface area contributed by atoms with E-state index in [4.69, 9.17) is 0 Å². The number of hydrogen-bond acceptors (Lipinski definition) is 3. The van der Waals surface area contributed by atoms with Crippen LogP contribution in [-0.2, 0) is 17.9 Å². The molecule has 4 rings (SSSR count). The maximum absolute atomic E-state index is 13.6. The van der Waals surface area contributed by atoms with E-state index in [2.05, 4.69) is 32.7 Å². The number of rotatable bonds is 6. The lowest BCUT2D eigenvalue weighted by Crippen LogP contribution is -2.51. The van der Waals surface area contributed by atoms with Crippen LogP contribution in [-0.4, -0.2) is 49.5 Å². The number of hydrogen-bond donors (Lipinski definition) is 2. The smallest absolute Gasteiger partial charge is 0.223 e. The number of carbonyl (C=O) groups excluding carboxylic acids is 1. The van der Waals surface area contributed by atoms with E-state index in [9.17, 15) is 9.18 Å². The van der Waals surface area contributed by atoms with E-state index in [1.165, 1.54) is 17.2 Å². The Labute approximate surface area is 189 Å². The van der Waals surface area contributed by atoms with E-state index >= 15 is 0 Å². The van der Waals surface area contributed by atoms with Crippen LogP contribution in [0.2, 0.25) is 0 Å². The first-order chi connectivity index (χ1) is 15.6. The van der Waals surface area contributed by atoms with Gasteiger partial charge in [-0.15, -0.1) is 0 Å². The van der Waals surface area contributed by atoms with Crippen LogP contribution in [0.25, 0.3) is 0 Å². The van der Waals surface area contributed by atoms with Gasteiger partial charge in [0.2, 0.25) is 5.91 Å². The summed E-state index contributed by atoms with van der Waals surface area (Å²) >= 11 is 0. The fourth-order valence-corrected chi connectivity index (χ4v) is 4.50. The van der Waals surface area contributed by atoms with Crippen molar-refractivity contribution in [1.82, 2.24) is 15.5 Å². The molecule has 0 radical (unpaired) electrons. The monoisotopic (exact) mass is 437 g/mol. The summed E-state index contributed by atoms with van der Waals surface area (Å²) in [4.78, 5) is 21.0. The molecule has 0 aliphatic carbocycles. The normalized spacial score (nSPS) is 18.4. The predicted octanol–water partition coefficient (Wildman–Crippen LogP) is 3.28. The second-order valence-corrected chi connectivity index (χ2v) is 8.53. The van der Waals surface area contributed by atoms with Crippen LogP contribution in [0.4, 0.5) is 10.1 Å². The van der Waals surface area contributed by atoms with E-state index in [-0.39, 0.29) is 17.8 Å². The maximum Gasteiger partial charge on any atom is 0.223 e. The minimum absolute atomic E-state index is 0.198. The summed E-state index contributed by atoms with van der Waals surface area (Å²) in [5, 5.41) is 6.82. The fraction of sp³-hybridized carbons (Fsp3) is 0.440. The largest absolute Gasteiger partial charge is 0.369 e. The first kappa shape index (κ1) is 22.1. The van der Waals surface area contributed by atoms with Crippen molar-refractivity contribution in [2.75, 3.05) is 31.6 Å². The summed E-state index contributed by atoms with van der Waals surface area (Å²) in [7, 11) is 1.76. The molecule has 2 aliphatic rings. The second-order valence-electron chi connectivity index (χ2n) is 8.53. The molecule has 32 heavy (non-hydrogen) atoms. The molecule has 0 saturated carbocycles. The Hall–Kier alpha value is -3.09. The highest BCUT2D eigenvalue weighted by Gasteiger charge is 2.23. The van der Waals surface area contributed by atoms with Crippen LogP contribution >= 0.6 is 0 Å². The molecule has 1 amide bonds. The number of guanidine groups is 1. The molecule has 1 saturated heterocycles. The third-order valence-electron chi connectivity index (χ3n) is 6.21. The minimum atomic E-state index is -0.206. The van der Waals surface area contributed by atoms with Crippen LogP contribution in [0.5, 0.6) is 0 Å². The van der Waals surface area contributed by atoms with Crippen LogP contribution in [0.15, 0.2) is 53.5 Å². The van der Waals surface area contributed by atoms with Gasteiger partial charge in [-0.05, 0) is 48.6 Å². The van der Waals surface area contributed by atoms with Crippen LogP contribution < -0.4 is 15.5 Å². The lowest BCUT2D eigenvalue weighted by atomic mass is 10.0. The number of anilines is 1. The Morgan fingerprint density at radius 2 is 1.94 bits per heavy atom. The number of amides is 1. The highest BCUT2D eigenvalue weighted by Crippen LogP contribution is 2.23. The molecule has 2 heterocycles. The Morgan fingerprint density at radius 3 is 2.66 bits per heavy atom. The molecule has 0 spiro atoms. The predicted molar refractivity (Wildman–Crippen MR) is 126 cm³/mol. The number of fused-ring (bicyclic) bond motifs is 1. The van der Waals surface area contributed by atoms with E-state index in [1.807, 2.05) is 23.1 Å². The van der Waals surface area contributed by atoms with E-state index in [0.717, 1.165) is 57.1 Å². The van der Waals surface area contributed by atoms with Gasteiger partial charge in [0.25, 0.3) is 0 Å². The highest BCUT2D eigenvalue weighted by molar-refractivity contribution is 5.80. The number of carbonyl (C=O) groups is 1. The average molecular weight is 438 g/mol. The zero-order valence-corrected chi connectivity index (χ0v) is 18.7. The zero-order valence-electron chi connectivity index (χ0n) is 18.7. The van der Waals surface area contributed by atoms with Crippen molar-refractivity contribution < 1.29 is 9.18 Å². The SMILES string of the molecule is CN=C(NCCCC(=O)N1Cc2ccccc2C1)NC1CCCN(c2cccc(F)c2)C1. The fourth-order valence-electron chi connectivity index (χ4n) is 4.50. The standard InChI is InChI=1S/C25H32FN5O/c1-27-25(29-22-10-6-14-30(18-22)23-11-4-9-21(26)15-23)28-13-5-12-24(32)31-16-19-7-2-3-8-20(19)17-31/h2-4,7-9,11,15,22H,5-6,10,12-14,16-18H2,1H3,(H2,27,28,29). The van der Waals surface area contributed by atoms with E-state index < -0.39 is 0 Å². The first-order valence-corrected chi connectivity index (χ1v) is 11.4. The Balaban J connectivity index is 1.19. The lowest BCUT2D eigenvalue weighted by molar-refractivity contribution is -0.131. The third kappa shape index (κ3) is 5.58. The van der Waals surface area contributed by atoms with Gasteiger partial charge in [-0.2, -0.15) is 0 Å². The third-order valence-corrected chi connectivity index (χ3v) is 6.21. The maximum atomic E-state index is 13.6. The van der Waals surface area contributed by atoms with Crippen molar-refractivity contribution in [3.8, 4) is 0 Å². The highest BCUT2D eigenvalue weighted by atomic mass is 19.1. The van der Waals surface area contributed by atoms with Gasteiger partial charge >= 0.3 is 0 Å². The molecule has 1 fully saturated rings. The zero-order chi connectivity index (χ0) is 22.3. The van der Waals surface area contributed by atoms with Gasteiger partial charge in [0, 0.05) is 57.9 Å². The van der Waals surface area contributed by atoms with Crippen molar-refractivity contribution in [2.45, 2.75) is 44.8 Å². The van der Waals surface area contributed by atoms with Gasteiger partial charge in [-0.25, -0.2) is 4.39 Å². The van der Waals surface area contributed by atoms with Crippen LogP contribution in [0, 0.1) is 5.82 Å². The molecule has 7 heteroatoms. The number of aliphatic imine (C=N–C) groups is 1. The summed E-state index contributed by atoms with van der Waals surface area (Å²) in [6.45, 7) is 3.85. The summed E-state index contributed by atoms with van der Waals surface area (Å²) in [5.41, 5.74) is 3.42. The molecule has 0 bridgehead atoms. The van der Waals surface area contributed by atoms with Crippen LogP contribution in [0.1, 0.15) is 36.8 Å². The molecule has 2 aromatic carbocycles. The van der Waals surface area contributed by atoms with Crippen molar-refractivity contribution in [2.24, 2.45) is 4.99 Å². The topological polar surface area (TPSA) is 60.0 Å². The molecule has 1 atom stereocenters. The molecule has 6 nitrogen and oxygen atoms in total. The molecule has 2 N–H and O–H groups in total. The Bertz CT molecular complexity index is 938. The molecular weight excluding hydrogens is 405 g/mol. The van der Waals surface area contributed by atoms with Gasteiger partial charge in [0.1, 0.15) is 5.82 Å². The molecule has 1 unspecified atom stereocenters. The minimum Gasteiger partial charge on any atom is -0.369 e. The van der Waals surface area contributed by atoms with E-state index in [0.29, 0.717) is 13.0 Å². The van der Waals surface area contributed by atoms with E-state index in [1.54, 1.807) is 19.2 Å². The van der Waals surface area contributed by atoms with Crippen LogP contribution in [0.3, 0.4) is 0 Å². The van der Waals surface area contributed by atoms with Crippen molar-refractivity contribution >= 4 is 17.6 Å². The van der Waals surface area contributed by atoms with Crippen molar-refractivity contribution in [1.29, 1.82) is 0 Å². The lowest BCUT2D eigenvalue weighted by Gasteiger charge is -2.35. The molecular formula is C25H32FN5O. The number of nitrogens with zero attached hydrogens (tertiary/aromatic N) is 3. The van der Waals surface area contributed by atoms with Gasteiger partial charge in [-0.1, -0.05) is 30.3 Å². The first-order valence-electron chi connectivity index (χ1n) is 11.4. The summed E-state index contributed by atoms with van der Waals surface area (Å²) in [6.07, 6.45) is 3.36. The van der Waals surface area contributed by atoms with Crippen molar-refractivity contribution in [3.05, 3.63) is 65.5 Å².